The number of aromatic nitrogens is 2. The van der Waals surface area contributed by atoms with E-state index in [1.807, 2.05) is 36.1 Å². The van der Waals surface area contributed by atoms with Gasteiger partial charge in [0.05, 0.1) is 0 Å². The first-order valence-corrected chi connectivity index (χ1v) is 10.9. The summed E-state index contributed by atoms with van der Waals surface area (Å²) in [5, 5.41) is 0. The Hall–Kier alpha value is -2.63. The number of carbonyl (C=O) groups excluding carboxylic acids is 1. The lowest BCUT2D eigenvalue weighted by Crippen LogP contribution is -2.49. The second-order valence-electron chi connectivity index (χ2n) is 8.04. The lowest BCUT2D eigenvalue weighted by atomic mass is 10.1. The summed E-state index contributed by atoms with van der Waals surface area (Å²) in [4.78, 5) is 28.9. The zero-order valence-corrected chi connectivity index (χ0v) is 17.6. The molecule has 2 saturated heterocycles. The molecule has 0 spiro atoms. The van der Waals surface area contributed by atoms with E-state index in [1.165, 1.54) is 24.8 Å². The average Bonchev–Trinajstić information content (AvgIpc) is 2.79. The van der Waals surface area contributed by atoms with E-state index in [2.05, 4.69) is 27.8 Å². The lowest BCUT2D eigenvalue weighted by Gasteiger charge is -2.35. The van der Waals surface area contributed by atoms with E-state index in [9.17, 15) is 4.79 Å². The van der Waals surface area contributed by atoms with E-state index in [0.29, 0.717) is 13.1 Å². The smallest absolute Gasteiger partial charge is 0.253 e. The van der Waals surface area contributed by atoms with Crippen LogP contribution in [-0.4, -0.2) is 60.0 Å². The standard InChI is InChI=1S/C23H31N5O/c1-3-19-7-9-20(10-8-19)22(29)27-13-15-28(16-14-27)23-24-18(2)17-21(25-23)26-11-5-4-6-12-26/h7-10,17H,3-6,11-16H2,1-2H3. The zero-order chi connectivity index (χ0) is 20.2. The van der Waals surface area contributed by atoms with Crippen molar-refractivity contribution in [2.75, 3.05) is 49.1 Å². The summed E-state index contributed by atoms with van der Waals surface area (Å²) in [6, 6.07) is 10.1. The van der Waals surface area contributed by atoms with E-state index in [-0.39, 0.29) is 5.91 Å². The number of piperidine rings is 1. The van der Waals surface area contributed by atoms with Gasteiger partial charge in [-0.3, -0.25) is 4.79 Å². The summed E-state index contributed by atoms with van der Waals surface area (Å²) in [7, 11) is 0. The fraction of sp³-hybridized carbons (Fsp3) is 0.522. The van der Waals surface area contributed by atoms with Crippen LogP contribution >= 0.6 is 0 Å². The molecular weight excluding hydrogens is 362 g/mol. The van der Waals surface area contributed by atoms with Gasteiger partial charge in [-0.1, -0.05) is 19.1 Å². The minimum atomic E-state index is 0.117. The van der Waals surface area contributed by atoms with Gasteiger partial charge in [-0.05, 0) is 50.3 Å². The fourth-order valence-electron chi connectivity index (χ4n) is 4.14. The van der Waals surface area contributed by atoms with Crippen LogP contribution in [0.15, 0.2) is 30.3 Å². The van der Waals surface area contributed by atoms with Crippen molar-refractivity contribution < 1.29 is 4.79 Å². The molecule has 29 heavy (non-hydrogen) atoms. The summed E-state index contributed by atoms with van der Waals surface area (Å²) >= 11 is 0. The van der Waals surface area contributed by atoms with Crippen LogP contribution in [-0.2, 0) is 6.42 Å². The normalized spacial score (nSPS) is 17.5. The van der Waals surface area contributed by atoms with Gasteiger partial charge in [-0.2, -0.15) is 4.98 Å². The van der Waals surface area contributed by atoms with Crippen molar-refractivity contribution in [3.05, 3.63) is 47.2 Å². The van der Waals surface area contributed by atoms with Crippen LogP contribution < -0.4 is 9.80 Å². The summed E-state index contributed by atoms with van der Waals surface area (Å²) in [6.07, 6.45) is 4.77. The summed E-state index contributed by atoms with van der Waals surface area (Å²) < 4.78 is 0. The molecule has 0 saturated carbocycles. The first-order chi connectivity index (χ1) is 14.1. The molecule has 1 aromatic carbocycles. The molecule has 2 aliphatic rings. The first kappa shape index (κ1) is 19.7. The molecule has 6 nitrogen and oxygen atoms in total. The van der Waals surface area contributed by atoms with Crippen molar-refractivity contribution in [2.24, 2.45) is 0 Å². The van der Waals surface area contributed by atoms with E-state index < -0.39 is 0 Å². The number of rotatable bonds is 4. The maximum absolute atomic E-state index is 12.8. The quantitative estimate of drug-likeness (QED) is 0.798. The Morgan fingerprint density at radius 2 is 1.59 bits per heavy atom. The van der Waals surface area contributed by atoms with Gasteiger partial charge in [0.25, 0.3) is 5.91 Å². The Kier molecular flexibility index (Phi) is 5.97. The third-order valence-corrected chi connectivity index (χ3v) is 5.97. The van der Waals surface area contributed by atoms with E-state index in [4.69, 9.17) is 4.98 Å². The molecule has 0 unspecified atom stereocenters. The number of benzene rings is 1. The molecule has 1 aromatic heterocycles. The molecule has 6 heteroatoms. The highest BCUT2D eigenvalue weighted by Crippen LogP contribution is 2.22. The highest BCUT2D eigenvalue weighted by Gasteiger charge is 2.24. The van der Waals surface area contributed by atoms with Crippen LogP contribution in [0.4, 0.5) is 11.8 Å². The molecule has 0 atom stereocenters. The van der Waals surface area contributed by atoms with E-state index in [1.54, 1.807) is 0 Å². The summed E-state index contributed by atoms with van der Waals surface area (Å²) in [6.45, 7) is 9.25. The van der Waals surface area contributed by atoms with Crippen molar-refractivity contribution in [1.82, 2.24) is 14.9 Å². The van der Waals surface area contributed by atoms with Gasteiger partial charge < -0.3 is 14.7 Å². The van der Waals surface area contributed by atoms with Gasteiger partial charge in [0.2, 0.25) is 5.95 Å². The number of anilines is 2. The second kappa shape index (κ2) is 8.80. The summed E-state index contributed by atoms with van der Waals surface area (Å²) in [5.41, 5.74) is 3.03. The molecule has 0 aliphatic carbocycles. The van der Waals surface area contributed by atoms with Gasteiger partial charge in [-0.15, -0.1) is 0 Å². The Balaban J connectivity index is 1.41. The first-order valence-electron chi connectivity index (χ1n) is 10.9. The Morgan fingerprint density at radius 3 is 2.24 bits per heavy atom. The van der Waals surface area contributed by atoms with Crippen LogP contribution in [0.5, 0.6) is 0 Å². The van der Waals surface area contributed by atoms with Crippen molar-refractivity contribution in [3.63, 3.8) is 0 Å². The summed E-state index contributed by atoms with van der Waals surface area (Å²) in [5.74, 6) is 1.96. The molecule has 0 radical (unpaired) electrons. The number of carbonyl (C=O) groups is 1. The second-order valence-corrected chi connectivity index (χ2v) is 8.04. The Morgan fingerprint density at radius 1 is 0.897 bits per heavy atom. The number of hydrogen-bond acceptors (Lipinski definition) is 5. The lowest BCUT2D eigenvalue weighted by molar-refractivity contribution is 0.0746. The topological polar surface area (TPSA) is 52.6 Å². The third-order valence-electron chi connectivity index (χ3n) is 5.97. The number of nitrogens with zero attached hydrogens (tertiary/aromatic N) is 5. The van der Waals surface area contributed by atoms with Crippen molar-refractivity contribution in [3.8, 4) is 0 Å². The molecule has 0 N–H and O–H groups in total. The Labute approximate surface area is 173 Å². The number of aryl methyl sites for hydroxylation is 2. The van der Waals surface area contributed by atoms with Crippen LogP contribution in [0.1, 0.15) is 47.8 Å². The molecule has 4 rings (SSSR count). The van der Waals surface area contributed by atoms with Gasteiger partial charge in [-0.25, -0.2) is 4.98 Å². The molecular formula is C23H31N5O. The van der Waals surface area contributed by atoms with Gasteiger partial charge in [0.15, 0.2) is 0 Å². The maximum Gasteiger partial charge on any atom is 0.253 e. The fourth-order valence-corrected chi connectivity index (χ4v) is 4.14. The minimum absolute atomic E-state index is 0.117. The van der Waals surface area contributed by atoms with Crippen molar-refractivity contribution in [1.29, 1.82) is 0 Å². The number of hydrogen-bond donors (Lipinski definition) is 0. The molecule has 154 valence electrons. The molecule has 1 amide bonds. The minimum Gasteiger partial charge on any atom is -0.356 e. The van der Waals surface area contributed by atoms with Crippen LogP contribution in [0.2, 0.25) is 0 Å². The molecule has 3 heterocycles. The molecule has 0 bridgehead atoms. The molecule has 2 aromatic rings. The molecule has 2 fully saturated rings. The maximum atomic E-state index is 12.8. The van der Waals surface area contributed by atoms with E-state index >= 15 is 0 Å². The molecule has 2 aliphatic heterocycles. The number of amides is 1. The van der Waals surface area contributed by atoms with Gasteiger partial charge in [0, 0.05) is 56.6 Å². The van der Waals surface area contributed by atoms with Gasteiger partial charge >= 0.3 is 0 Å². The van der Waals surface area contributed by atoms with E-state index in [0.717, 1.165) is 55.6 Å². The largest absolute Gasteiger partial charge is 0.356 e. The predicted octanol–water partition coefficient (Wildman–Crippen LogP) is 3.30. The van der Waals surface area contributed by atoms with Crippen LogP contribution in [0.25, 0.3) is 0 Å². The zero-order valence-electron chi connectivity index (χ0n) is 17.6. The monoisotopic (exact) mass is 393 g/mol. The highest BCUT2D eigenvalue weighted by molar-refractivity contribution is 5.94. The highest BCUT2D eigenvalue weighted by atomic mass is 16.2. The third kappa shape index (κ3) is 4.52. The van der Waals surface area contributed by atoms with Crippen LogP contribution in [0.3, 0.4) is 0 Å². The van der Waals surface area contributed by atoms with Crippen molar-refractivity contribution in [2.45, 2.75) is 39.5 Å². The SMILES string of the molecule is CCc1ccc(C(=O)N2CCN(c3nc(C)cc(N4CCCCC4)n3)CC2)cc1. The Bertz CT molecular complexity index is 837. The van der Waals surface area contributed by atoms with Crippen molar-refractivity contribution >= 4 is 17.7 Å². The average molecular weight is 394 g/mol. The van der Waals surface area contributed by atoms with Crippen LogP contribution in [0, 0.1) is 6.92 Å². The van der Waals surface area contributed by atoms with Gasteiger partial charge in [0.1, 0.15) is 5.82 Å². The number of piperazine rings is 1. The predicted molar refractivity (Wildman–Crippen MR) is 117 cm³/mol.